The molecule has 0 saturated heterocycles. The van der Waals surface area contributed by atoms with E-state index in [0.29, 0.717) is 32.8 Å². The molecule has 4 rings (SSSR count). The summed E-state index contributed by atoms with van der Waals surface area (Å²) in [6, 6.07) is 11.2. The number of benzene rings is 2. The van der Waals surface area contributed by atoms with Crippen LogP contribution in [-0.2, 0) is 0 Å². The molecule has 0 unspecified atom stereocenters. The summed E-state index contributed by atoms with van der Waals surface area (Å²) in [6.07, 6.45) is 3.18. The number of nitrogens with zero attached hydrogens (tertiary/aromatic N) is 2. The highest BCUT2D eigenvalue weighted by atomic mass is 35.5. The summed E-state index contributed by atoms with van der Waals surface area (Å²) >= 11 is 11.9. The van der Waals surface area contributed by atoms with E-state index in [2.05, 4.69) is 20.3 Å². The van der Waals surface area contributed by atoms with E-state index in [4.69, 9.17) is 27.9 Å². The number of halogens is 2. The number of nitrogens with one attached hydrogen (secondary N) is 2. The fraction of sp³-hybridized carbons (Fsp3) is 0. The fourth-order valence-electron chi connectivity index (χ4n) is 2.68. The monoisotopic (exact) mass is 414 g/mol. The van der Waals surface area contributed by atoms with Crippen molar-refractivity contribution in [2.75, 3.05) is 5.32 Å². The van der Waals surface area contributed by atoms with E-state index in [-0.39, 0.29) is 11.3 Å². The van der Waals surface area contributed by atoms with E-state index >= 15 is 0 Å². The number of carboxylic acids is 1. The Hall–Kier alpha value is -3.29. The molecule has 0 aliphatic carbocycles. The molecule has 0 aliphatic rings. The minimum atomic E-state index is -1.14. The number of carbonyl (C=O) groups is 1. The summed E-state index contributed by atoms with van der Waals surface area (Å²) in [4.78, 5) is 23.1. The maximum absolute atomic E-state index is 11.7. The van der Waals surface area contributed by atoms with Crippen LogP contribution in [0, 0.1) is 0 Å². The number of aromatic amines is 1. The van der Waals surface area contributed by atoms with E-state index in [1.54, 1.807) is 36.5 Å². The topological polar surface area (TPSA) is 100 Å². The first kappa shape index (κ1) is 18.1. The lowest BCUT2D eigenvalue weighted by molar-refractivity contribution is 0.0694. The van der Waals surface area contributed by atoms with E-state index in [0.717, 1.165) is 5.52 Å². The zero-order valence-corrected chi connectivity index (χ0v) is 15.6. The minimum Gasteiger partial charge on any atom is -0.478 e. The standard InChI is InChI=1S/C19H12Cl2N4O3/c20-10-5-11(21)7-13(6-10)28-16-2-1-12(8-14(16)19(26)27)25-18-17-15(3-4-22-17)23-9-24-18/h1-9,22H,(H,26,27)(H,23,24,25). The van der Waals surface area contributed by atoms with Crippen LogP contribution in [-0.4, -0.2) is 26.0 Å². The molecule has 0 spiro atoms. The van der Waals surface area contributed by atoms with Crippen LogP contribution in [0.4, 0.5) is 11.5 Å². The number of carboxylic acid groups (broad SMARTS) is 1. The van der Waals surface area contributed by atoms with Crippen LogP contribution in [0.2, 0.25) is 10.0 Å². The molecule has 2 heterocycles. The SMILES string of the molecule is O=C(O)c1cc(Nc2ncnc3cc[nH]c23)ccc1Oc1cc(Cl)cc(Cl)c1. The second-order valence-corrected chi connectivity index (χ2v) is 6.68. The van der Waals surface area contributed by atoms with Crippen molar-refractivity contribution in [1.82, 2.24) is 15.0 Å². The lowest BCUT2D eigenvalue weighted by Gasteiger charge is -2.12. The van der Waals surface area contributed by atoms with Crippen molar-refractivity contribution < 1.29 is 14.6 Å². The van der Waals surface area contributed by atoms with Crippen LogP contribution in [0.15, 0.2) is 55.0 Å². The zero-order valence-electron chi connectivity index (χ0n) is 14.1. The number of ether oxygens (including phenoxy) is 1. The average Bonchev–Trinajstić information content (AvgIpc) is 3.12. The van der Waals surface area contributed by atoms with Crippen LogP contribution in [0.1, 0.15) is 10.4 Å². The number of hydrogen-bond acceptors (Lipinski definition) is 5. The highest BCUT2D eigenvalue weighted by Gasteiger charge is 2.15. The second-order valence-electron chi connectivity index (χ2n) is 5.81. The summed E-state index contributed by atoms with van der Waals surface area (Å²) in [5, 5.41) is 13.5. The number of fused-ring (bicyclic) bond motifs is 1. The molecule has 9 heteroatoms. The number of aromatic carboxylic acids is 1. The van der Waals surface area contributed by atoms with Crippen LogP contribution >= 0.6 is 23.2 Å². The molecule has 0 atom stereocenters. The van der Waals surface area contributed by atoms with Crippen molar-refractivity contribution in [3.63, 3.8) is 0 Å². The fourth-order valence-corrected chi connectivity index (χ4v) is 3.19. The molecule has 0 saturated carbocycles. The Kier molecular flexibility index (Phi) is 4.77. The third-order valence-electron chi connectivity index (χ3n) is 3.88. The molecule has 2 aromatic carbocycles. The van der Waals surface area contributed by atoms with Gasteiger partial charge in [0.25, 0.3) is 0 Å². The Bertz CT molecular complexity index is 1170. The maximum Gasteiger partial charge on any atom is 0.339 e. The van der Waals surface area contributed by atoms with E-state index in [1.165, 1.54) is 12.4 Å². The second kappa shape index (κ2) is 7.38. The molecule has 4 aromatic rings. The van der Waals surface area contributed by atoms with Gasteiger partial charge in [0.15, 0.2) is 5.82 Å². The third kappa shape index (κ3) is 3.71. The predicted molar refractivity (Wildman–Crippen MR) is 107 cm³/mol. The molecular weight excluding hydrogens is 403 g/mol. The van der Waals surface area contributed by atoms with E-state index in [1.807, 2.05) is 6.07 Å². The largest absolute Gasteiger partial charge is 0.478 e. The minimum absolute atomic E-state index is 0.0297. The lowest BCUT2D eigenvalue weighted by Crippen LogP contribution is -2.02. The van der Waals surface area contributed by atoms with Gasteiger partial charge in [-0.3, -0.25) is 0 Å². The van der Waals surface area contributed by atoms with Crippen molar-refractivity contribution in [1.29, 1.82) is 0 Å². The van der Waals surface area contributed by atoms with Crippen molar-refractivity contribution in [3.8, 4) is 11.5 Å². The molecule has 7 nitrogen and oxygen atoms in total. The number of H-pyrrole nitrogens is 1. The van der Waals surface area contributed by atoms with Crippen molar-refractivity contribution >= 4 is 51.7 Å². The molecule has 0 bridgehead atoms. The summed E-state index contributed by atoms with van der Waals surface area (Å²) in [5.74, 6) is -0.116. The highest BCUT2D eigenvalue weighted by Crippen LogP contribution is 2.32. The molecule has 0 radical (unpaired) electrons. The van der Waals surface area contributed by atoms with Gasteiger partial charge in [0.1, 0.15) is 28.9 Å². The van der Waals surface area contributed by atoms with E-state index in [9.17, 15) is 9.90 Å². The molecule has 0 amide bonds. The van der Waals surface area contributed by atoms with Gasteiger partial charge in [0.2, 0.25) is 0 Å². The molecule has 28 heavy (non-hydrogen) atoms. The van der Waals surface area contributed by atoms with Gasteiger partial charge in [-0.2, -0.15) is 0 Å². The van der Waals surface area contributed by atoms with Crippen molar-refractivity contribution in [2.45, 2.75) is 0 Å². The van der Waals surface area contributed by atoms with E-state index < -0.39 is 5.97 Å². The van der Waals surface area contributed by atoms with Gasteiger partial charge in [-0.1, -0.05) is 23.2 Å². The number of rotatable bonds is 5. The quantitative estimate of drug-likeness (QED) is 0.398. The van der Waals surface area contributed by atoms with Crippen LogP contribution in [0.3, 0.4) is 0 Å². The van der Waals surface area contributed by atoms with Gasteiger partial charge < -0.3 is 20.1 Å². The van der Waals surface area contributed by atoms with Gasteiger partial charge in [0, 0.05) is 21.9 Å². The van der Waals surface area contributed by atoms with Gasteiger partial charge in [0.05, 0.1) is 5.52 Å². The smallest absolute Gasteiger partial charge is 0.339 e. The molecule has 0 fully saturated rings. The highest BCUT2D eigenvalue weighted by molar-refractivity contribution is 6.34. The predicted octanol–water partition coefficient (Wildman–Crippen LogP) is 5.50. The number of anilines is 2. The first-order valence-electron chi connectivity index (χ1n) is 8.06. The van der Waals surface area contributed by atoms with Gasteiger partial charge in [-0.25, -0.2) is 14.8 Å². The Labute approximate surface area is 168 Å². The van der Waals surface area contributed by atoms with Crippen LogP contribution < -0.4 is 10.1 Å². The molecule has 140 valence electrons. The summed E-state index contributed by atoms with van der Waals surface area (Å²) in [5.41, 5.74) is 1.96. The summed E-state index contributed by atoms with van der Waals surface area (Å²) in [7, 11) is 0. The Morgan fingerprint density at radius 3 is 2.61 bits per heavy atom. The molecule has 3 N–H and O–H groups in total. The third-order valence-corrected chi connectivity index (χ3v) is 4.32. The Morgan fingerprint density at radius 1 is 1.07 bits per heavy atom. The normalized spacial score (nSPS) is 10.8. The lowest BCUT2D eigenvalue weighted by atomic mass is 10.1. The molecule has 2 aromatic heterocycles. The average molecular weight is 415 g/mol. The number of hydrogen-bond donors (Lipinski definition) is 3. The maximum atomic E-state index is 11.7. The van der Waals surface area contributed by atoms with Crippen LogP contribution in [0.5, 0.6) is 11.5 Å². The summed E-state index contributed by atoms with van der Waals surface area (Å²) < 4.78 is 5.69. The van der Waals surface area contributed by atoms with Crippen molar-refractivity contribution in [2.24, 2.45) is 0 Å². The number of aromatic nitrogens is 3. The Morgan fingerprint density at radius 2 is 1.86 bits per heavy atom. The molecule has 0 aliphatic heterocycles. The van der Waals surface area contributed by atoms with Crippen LogP contribution in [0.25, 0.3) is 11.0 Å². The van der Waals surface area contributed by atoms with Gasteiger partial charge >= 0.3 is 5.97 Å². The summed E-state index contributed by atoms with van der Waals surface area (Å²) in [6.45, 7) is 0. The van der Waals surface area contributed by atoms with Crippen molar-refractivity contribution in [3.05, 3.63) is 70.6 Å². The Balaban J connectivity index is 1.67. The van der Waals surface area contributed by atoms with Gasteiger partial charge in [-0.05, 0) is 42.5 Å². The first-order chi connectivity index (χ1) is 13.5. The molecular formula is C19H12Cl2N4O3. The first-order valence-corrected chi connectivity index (χ1v) is 8.81. The zero-order chi connectivity index (χ0) is 19.7. The van der Waals surface area contributed by atoms with Gasteiger partial charge in [-0.15, -0.1) is 0 Å².